The van der Waals surface area contributed by atoms with Gasteiger partial charge in [-0.25, -0.2) is 4.79 Å². The summed E-state index contributed by atoms with van der Waals surface area (Å²) in [5, 5.41) is 5.00. The van der Waals surface area contributed by atoms with E-state index >= 15 is 0 Å². The SMILES string of the molecule is O=C(CCCCCCCCCCCc1ccsc1)ON1C(=O)CCC1=O. The van der Waals surface area contributed by atoms with E-state index in [1.54, 1.807) is 11.3 Å². The van der Waals surface area contributed by atoms with Crippen molar-refractivity contribution < 1.29 is 19.2 Å². The van der Waals surface area contributed by atoms with Crippen LogP contribution in [-0.4, -0.2) is 22.8 Å². The molecule has 1 aliphatic rings. The van der Waals surface area contributed by atoms with Crippen molar-refractivity contribution in [1.82, 2.24) is 5.06 Å². The fourth-order valence-electron chi connectivity index (χ4n) is 3.08. The summed E-state index contributed by atoms with van der Waals surface area (Å²) in [6, 6.07) is 2.21. The van der Waals surface area contributed by atoms with Crippen LogP contribution in [0.5, 0.6) is 0 Å². The van der Waals surface area contributed by atoms with Crippen molar-refractivity contribution in [2.24, 2.45) is 0 Å². The average Bonchev–Trinajstić information content (AvgIpc) is 3.25. The number of imide groups is 1. The Morgan fingerprint density at radius 1 is 0.923 bits per heavy atom. The molecule has 0 unspecified atom stereocenters. The Bertz CT molecular complexity index is 554. The lowest BCUT2D eigenvalue weighted by molar-refractivity contribution is -0.197. The van der Waals surface area contributed by atoms with Gasteiger partial charge in [0.2, 0.25) is 0 Å². The lowest BCUT2D eigenvalue weighted by Gasteiger charge is -2.12. The van der Waals surface area contributed by atoms with Crippen molar-refractivity contribution in [1.29, 1.82) is 0 Å². The molecule has 2 amide bonds. The van der Waals surface area contributed by atoms with Gasteiger partial charge in [-0.1, -0.05) is 44.9 Å². The van der Waals surface area contributed by atoms with Crippen LogP contribution in [0.25, 0.3) is 0 Å². The first-order chi connectivity index (χ1) is 12.7. The monoisotopic (exact) mass is 379 g/mol. The molecule has 5 nitrogen and oxygen atoms in total. The second kappa shape index (κ2) is 11.8. The molecule has 1 aliphatic heterocycles. The van der Waals surface area contributed by atoms with Gasteiger partial charge in [-0.05, 0) is 41.7 Å². The van der Waals surface area contributed by atoms with Crippen molar-refractivity contribution in [3.05, 3.63) is 22.4 Å². The third-order valence-electron chi connectivity index (χ3n) is 4.63. The highest BCUT2D eigenvalue weighted by Gasteiger charge is 2.32. The Balaban J connectivity index is 1.36. The summed E-state index contributed by atoms with van der Waals surface area (Å²) in [6.45, 7) is 0. The summed E-state index contributed by atoms with van der Waals surface area (Å²) in [7, 11) is 0. The van der Waals surface area contributed by atoms with E-state index in [0.29, 0.717) is 5.06 Å². The van der Waals surface area contributed by atoms with Gasteiger partial charge >= 0.3 is 5.97 Å². The molecule has 1 aromatic rings. The summed E-state index contributed by atoms with van der Waals surface area (Å²) in [4.78, 5) is 39.2. The Morgan fingerprint density at radius 2 is 1.50 bits per heavy atom. The molecule has 2 rings (SSSR count). The highest BCUT2D eigenvalue weighted by Crippen LogP contribution is 2.15. The Hall–Kier alpha value is -1.69. The van der Waals surface area contributed by atoms with Gasteiger partial charge in [0.25, 0.3) is 11.8 Å². The molecular formula is C20H29NO4S. The molecule has 0 bridgehead atoms. The first-order valence-corrected chi connectivity index (χ1v) is 10.7. The van der Waals surface area contributed by atoms with E-state index in [1.165, 1.54) is 50.5 Å². The van der Waals surface area contributed by atoms with Crippen molar-refractivity contribution >= 4 is 29.1 Å². The molecule has 26 heavy (non-hydrogen) atoms. The number of unbranched alkanes of at least 4 members (excludes halogenated alkanes) is 8. The van der Waals surface area contributed by atoms with E-state index < -0.39 is 17.8 Å². The standard InChI is InChI=1S/C20H29NO4S/c22-18-12-13-19(23)21(18)25-20(24)11-9-7-5-3-1-2-4-6-8-10-17-14-15-26-16-17/h14-16H,1-13H2. The van der Waals surface area contributed by atoms with Crippen LogP contribution >= 0.6 is 11.3 Å². The van der Waals surface area contributed by atoms with Crippen molar-refractivity contribution in [3.63, 3.8) is 0 Å². The minimum absolute atomic E-state index is 0.139. The summed E-state index contributed by atoms with van der Waals surface area (Å²) in [6.07, 6.45) is 12.2. The van der Waals surface area contributed by atoms with E-state index in [0.717, 1.165) is 19.3 Å². The van der Waals surface area contributed by atoms with Crippen LogP contribution in [0.15, 0.2) is 16.8 Å². The molecule has 1 aromatic heterocycles. The quantitative estimate of drug-likeness (QED) is 0.365. The van der Waals surface area contributed by atoms with Crippen LogP contribution in [0.1, 0.15) is 82.6 Å². The zero-order valence-electron chi connectivity index (χ0n) is 15.4. The third-order valence-corrected chi connectivity index (χ3v) is 5.36. The highest BCUT2D eigenvalue weighted by atomic mass is 32.1. The van der Waals surface area contributed by atoms with Crippen LogP contribution in [0.3, 0.4) is 0 Å². The summed E-state index contributed by atoms with van der Waals surface area (Å²) in [5.74, 6) is -1.32. The molecule has 0 spiro atoms. The number of rotatable bonds is 13. The fraction of sp³-hybridized carbons (Fsp3) is 0.650. The first kappa shape index (κ1) is 20.6. The van der Waals surface area contributed by atoms with E-state index in [2.05, 4.69) is 16.8 Å². The minimum atomic E-state index is -0.487. The molecule has 1 fully saturated rings. The van der Waals surface area contributed by atoms with Crippen LogP contribution in [0.4, 0.5) is 0 Å². The van der Waals surface area contributed by atoms with Gasteiger partial charge in [0.05, 0.1) is 0 Å². The highest BCUT2D eigenvalue weighted by molar-refractivity contribution is 7.07. The number of carbonyl (C=O) groups is 3. The minimum Gasteiger partial charge on any atom is -0.330 e. The van der Waals surface area contributed by atoms with Crippen LogP contribution in [0.2, 0.25) is 0 Å². The zero-order valence-corrected chi connectivity index (χ0v) is 16.2. The fourth-order valence-corrected chi connectivity index (χ4v) is 3.78. The molecule has 0 aromatic carbocycles. The Morgan fingerprint density at radius 3 is 2.08 bits per heavy atom. The topological polar surface area (TPSA) is 63.7 Å². The van der Waals surface area contributed by atoms with Crippen molar-refractivity contribution in [3.8, 4) is 0 Å². The summed E-state index contributed by atoms with van der Waals surface area (Å²) in [5.41, 5.74) is 1.46. The van der Waals surface area contributed by atoms with Gasteiger partial charge in [0.1, 0.15) is 0 Å². The van der Waals surface area contributed by atoms with E-state index in [1.807, 2.05) is 0 Å². The van der Waals surface area contributed by atoms with Gasteiger partial charge < -0.3 is 4.84 Å². The number of hydrogen-bond acceptors (Lipinski definition) is 5. The van der Waals surface area contributed by atoms with Crippen molar-refractivity contribution in [2.45, 2.75) is 83.5 Å². The lowest BCUT2D eigenvalue weighted by atomic mass is 10.0. The first-order valence-electron chi connectivity index (χ1n) is 9.74. The largest absolute Gasteiger partial charge is 0.333 e. The predicted molar refractivity (Wildman–Crippen MR) is 101 cm³/mol. The van der Waals surface area contributed by atoms with Gasteiger partial charge in [-0.15, -0.1) is 5.06 Å². The molecule has 0 aliphatic carbocycles. The van der Waals surface area contributed by atoms with Crippen molar-refractivity contribution in [2.75, 3.05) is 0 Å². The number of nitrogens with zero attached hydrogens (tertiary/aromatic N) is 1. The second-order valence-electron chi connectivity index (χ2n) is 6.86. The van der Waals surface area contributed by atoms with Crippen LogP contribution in [0, 0.1) is 0 Å². The molecule has 1 saturated heterocycles. The van der Waals surface area contributed by atoms with Gasteiger partial charge in [-0.2, -0.15) is 11.3 Å². The lowest BCUT2D eigenvalue weighted by Crippen LogP contribution is -2.31. The number of amides is 2. The van der Waals surface area contributed by atoms with E-state index in [9.17, 15) is 14.4 Å². The number of hydrogen-bond donors (Lipinski definition) is 0. The third kappa shape index (κ3) is 7.68. The Labute approximate surface area is 159 Å². The summed E-state index contributed by atoms with van der Waals surface area (Å²) < 4.78 is 0. The normalized spacial score (nSPS) is 14.2. The molecule has 6 heteroatoms. The maximum atomic E-state index is 11.6. The number of aryl methyl sites for hydroxylation is 1. The Kier molecular flexibility index (Phi) is 9.39. The van der Waals surface area contributed by atoms with E-state index in [-0.39, 0.29) is 19.3 Å². The molecule has 0 N–H and O–H groups in total. The van der Waals surface area contributed by atoms with Gasteiger partial charge in [0, 0.05) is 19.3 Å². The van der Waals surface area contributed by atoms with Crippen LogP contribution in [-0.2, 0) is 25.6 Å². The maximum absolute atomic E-state index is 11.6. The zero-order chi connectivity index (χ0) is 18.6. The van der Waals surface area contributed by atoms with E-state index in [4.69, 9.17) is 4.84 Å². The molecule has 0 radical (unpaired) electrons. The predicted octanol–water partition coefficient (Wildman–Crippen LogP) is 4.80. The number of carbonyl (C=O) groups excluding carboxylic acids is 3. The van der Waals surface area contributed by atoms with Gasteiger partial charge in [0.15, 0.2) is 0 Å². The second-order valence-corrected chi connectivity index (χ2v) is 7.64. The summed E-state index contributed by atoms with van der Waals surface area (Å²) >= 11 is 1.77. The maximum Gasteiger partial charge on any atom is 0.333 e. The molecule has 0 atom stereocenters. The molecule has 0 saturated carbocycles. The number of thiophene rings is 1. The average molecular weight is 380 g/mol. The smallest absolute Gasteiger partial charge is 0.330 e. The van der Waals surface area contributed by atoms with Crippen LogP contribution < -0.4 is 0 Å². The molecular weight excluding hydrogens is 350 g/mol. The number of hydroxylamine groups is 2. The van der Waals surface area contributed by atoms with Gasteiger partial charge in [-0.3, -0.25) is 9.59 Å². The molecule has 144 valence electrons. The molecule has 2 heterocycles.